The third kappa shape index (κ3) is 3.49. The van der Waals surface area contributed by atoms with E-state index in [0.717, 1.165) is 6.54 Å². The van der Waals surface area contributed by atoms with E-state index in [1.54, 1.807) is 0 Å². The summed E-state index contributed by atoms with van der Waals surface area (Å²) >= 11 is 7.40. The fourth-order valence-electron chi connectivity index (χ4n) is 2.47. The van der Waals surface area contributed by atoms with Crippen molar-refractivity contribution in [1.82, 2.24) is 5.32 Å². The van der Waals surface area contributed by atoms with Crippen LogP contribution < -0.4 is 5.32 Å². The lowest BCUT2D eigenvalue weighted by molar-refractivity contribution is 0.490. The average molecular weight is 334 g/mol. The van der Waals surface area contributed by atoms with Crippen LogP contribution >= 0.6 is 39.0 Å². The summed E-state index contributed by atoms with van der Waals surface area (Å²) in [5.74, 6) is 0. The lowest BCUT2D eigenvalue weighted by Crippen LogP contribution is -2.36. The molecule has 0 radical (unpaired) electrons. The molecule has 96 valence electrons. The van der Waals surface area contributed by atoms with Crippen molar-refractivity contribution < 1.29 is 0 Å². The van der Waals surface area contributed by atoms with E-state index in [1.807, 2.05) is 11.3 Å². The highest BCUT2D eigenvalue weighted by molar-refractivity contribution is 9.10. The van der Waals surface area contributed by atoms with Crippen LogP contribution in [0.2, 0.25) is 0 Å². The quantitative estimate of drug-likeness (QED) is 0.827. The summed E-state index contributed by atoms with van der Waals surface area (Å²) in [4.78, 5) is 1.42. The van der Waals surface area contributed by atoms with E-state index in [0.29, 0.717) is 10.8 Å². The van der Waals surface area contributed by atoms with Gasteiger partial charge in [-0.1, -0.05) is 12.8 Å². The van der Waals surface area contributed by atoms with Crippen molar-refractivity contribution in [3.8, 4) is 0 Å². The molecule has 1 nitrogen and oxygen atoms in total. The van der Waals surface area contributed by atoms with Crippen molar-refractivity contribution in [2.45, 2.75) is 43.4 Å². The van der Waals surface area contributed by atoms with Gasteiger partial charge in [-0.3, -0.25) is 0 Å². The largest absolute Gasteiger partial charge is 0.308 e. The van der Waals surface area contributed by atoms with E-state index >= 15 is 0 Å². The second-order valence-corrected chi connectivity index (χ2v) is 8.00. The van der Waals surface area contributed by atoms with E-state index in [4.69, 9.17) is 0 Å². The molecule has 1 unspecified atom stereocenters. The maximum absolute atomic E-state index is 3.71. The number of nitrogens with one attached hydrogen (secondary N) is 1. The first-order chi connectivity index (χ1) is 8.15. The predicted molar refractivity (Wildman–Crippen MR) is 83.2 cm³/mol. The third-order valence-corrected chi connectivity index (χ3v) is 6.99. The molecule has 1 aliphatic carbocycles. The van der Waals surface area contributed by atoms with Crippen LogP contribution in [0, 0.1) is 0 Å². The van der Waals surface area contributed by atoms with Crippen LogP contribution in [0.4, 0.5) is 0 Å². The molecule has 1 aromatic rings. The molecule has 0 aliphatic heterocycles. The van der Waals surface area contributed by atoms with Crippen LogP contribution in [0.15, 0.2) is 15.9 Å². The highest BCUT2D eigenvalue weighted by atomic mass is 79.9. The van der Waals surface area contributed by atoms with Crippen LogP contribution in [-0.4, -0.2) is 17.5 Å². The fraction of sp³-hybridized carbons (Fsp3) is 0.692. The van der Waals surface area contributed by atoms with Gasteiger partial charge in [-0.25, -0.2) is 0 Å². The molecule has 0 aromatic carbocycles. The topological polar surface area (TPSA) is 12.0 Å². The number of thioether (sulfide) groups is 1. The van der Waals surface area contributed by atoms with Crippen LogP contribution in [0.25, 0.3) is 0 Å². The summed E-state index contributed by atoms with van der Waals surface area (Å²) in [6, 6.07) is 2.69. The van der Waals surface area contributed by atoms with Gasteiger partial charge in [0.25, 0.3) is 0 Å². The molecule has 1 atom stereocenters. The van der Waals surface area contributed by atoms with E-state index in [-0.39, 0.29) is 0 Å². The van der Waals surface area contributed by atoms with Gasteiger partial charge in [-0.2, -0.15) is 11.8 Å². The van der Waals surface area contributed by atoms with Crippen LogP contribution in [0.1, 0.15) is 43.5 Å². The second kappa shape index (κ2) is 6.09. The van der Waals surface area contributed by atoms with Crippen molar-refractivity contribution in [1.29, 1.82) is 0 Å². The normalized spacial score (nSPS) is 20.6. The summed E-state index contributed by atoms with van der Waals surface area (Å²) in [5.41, 5.74) is 0. The van der Waals surface area contributed by atoms with Gasteiger partial charge >= 0.3 is 0 Å². The molecule has 1 N–H and O–H groups in total. The number of hydrogen-bond donors (Lipinski definition) is 1. The van der Waals surface area contributed by atoms with Gasteiger partial charge in [-0.15, -0.1) is 11.3 Å². The SMILES string of the molecule is CSC1(CNC(C)c2cc(Br)cs2)CCCC1. The number of halogens is 1. The summed E-state index contributed by atoms with van der Waals surface area (Å²) in [6.07, 6.45) is 7.83. The summed E-state index contributed by atoms with van der Waals surface area (Å²) in [7, 11) is 0. The van der Waals surface area contributed by atoms with Crippen molar-refractivity contribution in [3.05, 3.63) is 20.8 Å². The van der Waals surface area contributed by atoms with E-state index in [1.165, 1.54) is 35.0 Å². The van der Waals surface area contributed by atoms with Gasteiger partial charge in [0.05, 0.1) is 0 Å². The summed E-state index contributed by atoms with van der Waals surface area (Å²) in [6.45, 7) is 3.41. The number of rotatable bonds is 5. The zero-order valence-electron chi connectivity index (χ0n) is 10.5. The van der Waals surface area contributed by atoms with Crippen LogP contribution in [-0.2, 0) is 0 Å². The minimum atomic E-state index is 0.468. The molecule has 0 saturated heterocycles. The predicted octanol–water partition coefficient (Wildman–Crippen LogP) is 4.84. The first-order valence-electron chi connectivity index (χ1n) is 6.18. The number of hydrogen-bond acceptors (Lipinski definition) is 3. The highest BCUT2D eigenvalue weighted by Gasteiger charge is 2.32. The minimum absolute atomic E-state index is 0.468. The molecule has 2 rings (SSSR count). The van der Waals surface area contributed by atoms with Crippen molar-refractivity contribution in [3.63, 3.8) is 0 Å². The maximum Gasteiger partial charge on any atom is 0.0386 e. The van der Waals surface area contributed by atoms with E-state index in [2.05, 4.69) is 57.6 Å². The maximum atomic E-state index is 3.71. The Balaban J connectivity index is 1.89. The Bertz CT molecular complexity index is 358. The molecule has 0 amide bonds. The molecule has 1 fully saturated rings. The monoisotopic (exact) mass is 333 g/mol. The van der Waals surface area contributed by atoms with Crippen LogP contribution in [0.3, 0.4) is 0 Å². The van der Waals surface area contributed by atoms with Crippen LogP contribution in [0.5, 0.6) is 0 Å². The first kappa shape index (κ1) is 13.9. The smallest absolute Gasteiger partial charge is 0.0386 e. The van der Waals surface area contributed by atoms with Gasteiger partial charge in [0.1, 0.15) is 0 Å². The molecule has 1 heterocycles. The molecule has 0 spiro atoms. The van der Waals surface area contributed by atoms with Crippen molar-refractivity contribution >= 4 is 39.0 Å². The zero-order valence-corrected chi connectivity index (χ0v) is 13.7. The lowest BCUT2D eigenvalue weighted by atomic mass is 10.1. The molecule has 1 aliphatic rings. The first-order valence-corrected chi connectivity index (χ1v) is 9.07. The highest BCUT2D eigenvalue weighted by Crippen LogP contribution is 2.40. The Hall–Kier alpha value is 0.490. The van der Waals surface area contributed by atoms with Gasteiger partial charge in [0, 0.05) is 32.1 Å². The van der Waals surface area contributed by atoms with Gasteiger partial charge < -0.3 is 5.32 Å². The Labute approximate surface area is 121 Å². The molecule has 17 heavy (non-hydrogen) atoms. The minimum Gasteiger partial charge on any atom is -0.308 e. The third-order valence-electron chi connectivity index (χ3n) is 3.69. The number of thiophene rings is 1. The standard InChI is InChI=1S/C13H20BrNS2/c1-10(12-7-11(14)8-17-12)15-9-13(16-2)5-3-4-6-13/h7-8,10,15H,3-6,9H2,1-2H3. The average Bonchev–Trinajstić information content (AvgIpc) is 2.95. The Morgan fingerprint density at radius 1 is 1.53 bits per heavy atom. The van der Waals surface area contributed by atoms with Crippen molar-refractivity contribution in [2.75, 3.05) is 12.8 Å². The van der Waals surface area contributed by atoms with Crippen molar-refractivity contribution in [2.24, 2.45) is 0 Å². The molecule has 0 bridgehead atoms. The lowest BCUT2D eigenvalue weighted by Gasteiger charge is -2.28. The molecular formula is C13H20BrNS2. The van der Waals surface area contributed by atoms with Gasteiger partial charge in [0.2, 0.25) is 0 Å². The molecule has 1 aromatic heterocycles. The second-order valence-electron chi connectivity index (χ2n) is 4.86. The molecule has 1 saturated carbocycles. The zero-order chi connectivity index (χ0) is 12.3. The molecule has 4 heteroatoms. The van der Waals surface area contributed by atoms with Gasteiger partial charge in [-0.05, 0) is 48.0 Å². The van der Waals surface area contributed by atoms with E-state index in [9.17, 15) is 0 Å². The molecular weight excluding hydrogens is 314 g/mol. The fourth-order valence-corrected chi connectivity index (χ4v) is 4.87. The summed E-state index contributed by atoms with van der Waals surface area (Å²) in [5, 5.41) is 5.87. The Kier molecular flexibility index (Phi) is 4.98. The Morgan fingerprint density at radius 3 is 2.76 bits per heavy atom. The van der Waals surface area contributed by atoms with E-state index < -0.39 is 0 Å². The Morgan fingerprint density at radius 2 is 2.24 bits per heavy atom. The van der Waals surface area contributed by atoms with Gasteiger partial charge in [0.15, 0.2) is 0 Å². The summed E-state index contributed by atoms with van der Waals surface area (Å²) < 4.78 is 1.70.